The SMILES string of the molecule is CC(NS(=O)(=O)Cc1ccccc1CN)c1cccnc1. The Morgan fingerprint density at radius 3 is 2.52 bits per heavy atom. The molecule has 5 nitrogen and oxygen atoms in total. The number of nitrogens with one attached hydrogen (secondary N) is 1. The van der Waals surface area contributed by atoms with Gasteiger partial charge in [0.15, 0.2) is 0 Å². The number of rotatable bonds is 6. The van der Waals surface area contributed by atoms with Crippen molar-refractivity contribution in [1.29, 1.82) is 0 Å². The summed E-state index contributed by atoms with van der Waals surface area (Å²) in [5, 5.41) is 0. The molecule has 1 unspecified atom stereocenters. The summed E-state index contributed by atoms with van der Waals surface area (Å²) in [7, 11) is -3.45. The monoisotopic (exact) mass is 305 g/mol. The Kier molecular flexibility index (Phi) is 5.06. The van der Waals surface area contributed by atoms with E-state index in [1.165, 1.54) is 0 Å². The highest BCUT2D eigenvalue weighted by Crippen LogP contribution is 2.15. The van der Waals surface area contributed by atoms with Crippen LogP contribution >= 0.6 is 0 Å². The van der Waals surface area contributed by atoms with E-state index in [0.29, 0.717) is 6.54 Å². The summed E-state index contributed by atoms with van der Waals surface area (Å²) in [6.45, 7) is 2.12. The fourth-order valence-electron chi connectivity index (χ4n) is 2.11. The van der Waals surface area contributed by atoms with Crippen LogP contribution in [0.5, 0.6) is 0 Å². The smallest absolute Gasteiger partial charge is 0.216 e. The maximum atomic E-state index is 12.3. The number of nitrogens with zero attached hydrogens (tertiary/aromatic N) is 1. The molecule has 0 saturated heterocycles. The second kappa shape index (κ2) is 6.80. The fraction of sp³-hybridized carbons (Fsp3) is 0.267. The number of hydrogen-bond acceptors (Lipinski definition) is 4. The van der Waals surface area contributed by atoms with Crippen molar-refractivity contribution in [1.82, 2.24) is 9.71 Å². The Morgan fingerprint density at radius 1 is 1.19 bits per heavy atom. The van der Waals surface area contributed by atoms with Crippen LogP contribution in [0.15, 0.2) is 48.8 Å². The molecular formula is C15H19N3O2S. The highest BCUT2D eigenvalue weighted by molar-refractivity contribution is 7.88. The first-order valence-corrected chi connectivity index (χ1v) is 8.34. The molecular weight excluding hydrogens is 286 g/mol. The van der Waals surface area contributed by atoms with Crippen LogP contribution in [-0.4, -0.2) is 13.4 Å². The van der Waals surface area contributed by atoms with Gasteiger partial charge in [0, 0.05) is 25.0 Å². The maximum Gasteiger partial charge on any atom is 0.216 e. The zero-order valence-corrected chi connectivity index (χ0v) is 12.7. The number of sulfonamides is 1. The van der Waals surface area contributed by atoms with Crippen molar-refractivity contribution < 1.29 is 8.42 Å². The Balaban J connectivity index is 2.12. The molecule has 0 aliphatic carbocycles. The molecule has 6 heteroatoms. The third kappa shape index (κ3) is 4.35. The molecule has 112 valence electrons. The number of pyridine rings is 1. The van der Waals surface area contributed by atoms with Gasteiger partial charge in [-0.2, -0.15) is 0 Å². The Bertz CT molecular complexity index is 687. The molecule has 0 spiro atoms. The van der Waals surface area contributed by atoms with Crippen LogP contribution in [0, 0.1) is 0 Å². The molecule has 1 atom stereocenters. The summed E-state index contributed by atoms with van der Waals surface area (Å²) >= 11 is 0. The lowest BCUT2D eigenvalue weighted by Gasteiger charge is -2.15. The topological polar surface area (TPSA) is 85.1 Å². The second-order valence-corrected chi connectivity index (χ2v) is 6.61. The molecule has 21 heavy (non-hydrogen) atoms. The summed E-state index contributed by atoms with van der Waals surface area (Å²) in [6, 6.07) is 10.6. The van der Waals surface area contributed by atoms with Crippen LogP contribution in [0.4, 0.5) is 0 Å². The zero-order valence-electron chi connectivity index (χ0n) is 11.9. The predicted molar refractivity (Wildman–Crippen MR) is 82.7 cm³/mol. The first kappa shape index (κ1) is 15.6. The van der Waals surface area contributed by atoms with Crippen molar-refractivity contribution in [2.24, 2.45) is 5.73 Å². The standard InChI is InChI=1S/C15H19N3O2S/c1-12(14-7-4-8-17-10-14)18-21(19,20)11-15-6-3-2-5-13(15)9-16/h2-8,10,12,18H,9,11,16H2,1H3. The van der Waals surface area contributed by atoms with E-state index in [1.54, 1.807) is 31.5 Å². The second-order valence-electron chi connectivity index (χ2n) is 4.86. The largest absolute Gasteiger partial charge is 0.326 e. The average Bonchev–Trinajstić information content (AvgIpc) is 2.47. The van der Waals surface area contributed by atoms with Gasteiger partial charge >= 0.3 is 0 Å². The Hall–Kier alpha value is -1.76. The first-order chi connectivity index (χ1) is 10.0. The number of nitrogens with two attached hydrogens (primary N) is 1. The molecule has 3 N–H and O–H groups in total. The lowest BCUT2D eigenvalue weighted by Crippen LogP contribution is -2.28. The minimum absolute atomic E-state index is 0.0784. The van der Waals surface area contributed by atoms with Crippen molar-refractivity contribution in [2.75, 3.05) is 0 Å². The van der Waals surface area contributed by atoms with Crippen molar-refractivity contribution in [3.63, 3.8) is 0 Å². The summed E-state index contributed by atoms with van der Waals surface area (Å²) in [5.74, 6) is -0.0784. The van der Waals surface area contributed by atoms with Crippen molar-refractivity contribution >= 4 is 10.0 Å². The van der Waals surface area contributed by atoms with Gasteiger partial charge in [-0.15, -0.1) is 0 Å². The van der Waals surface area contributed by atoms with Crippen LogP contribution in [0.25, 0.3) is 0 Å². The van der Waals surface area contributed by atoms with E-state index in [9.17, 15) is 8.42 Å². The van der Waals surface area contributed by atoms with Gasteiger partial charge in [-0.05, 0) is 29.7 Å². The van der Waals surface area contributed by atoms with Gasteiger partial charge in [0.25, 0.3) is 0 Å². The molecule has 0 aliphatic rings. The van der Waals surface area contributed by atoms with E-state index in [1.807, 2.05) is 24.3 Å². The number of benzene rings is 1. The van der Waals surface area contributed by atoms with Gasteiger partial charge in [0.05, 0.1) is 5.75 Å². The van der Waals surface area contributed by atoms with Gasteiger partial charge in [0.1, 0.15) is 0 Å². The fourth-order valence-corrected chi connectivity index (χ4v) is 3.56. The summed E-state index contributed by atoms with van der Waals surface area (Å²) in [6.07, 6.45) is 3.31. The predicted octanol–water partition coefficient (Wildman–Crippen LogP) is 1.72. The van der Waals surface area contributed by atoms with E-state index < -0.39 is 10.0 Å². The summed E-state index contributed by atoms with van der Waals surface area (Å²) in [5.41, 5.74) is 8.04. The molecule has 0 amide bonds. The van der Waals surface area contributed by atoms with Crippen molar-refractivity contribution in [3.8, 4) is 0 Å². The summed E-state index contributed by atoms with van der Waals surface area (Å²) in [4.78, 5) is 4.00. The average molecular weight is 305 g/mol. The van der Waals surface area contributed by atoms with E-state index in [4.69, 9.17) is 5.73 Å². The minimum Gasteiger partial charge on any atom is -0.326 e. The highest BCUT2D eigenvalue weighted by atomic mass is 32.2. The molecule has 2 rings (SSSR count). The van der Waals surface area contributed by atoms with Gasteiger partial charge in [-0.3, -0.25) is 4.98 Å². The molecule has 0 fully saturated rings. The first-order valence-electron chi connectivity index (χ1n) is 6.68. The van der Waals surface area contributed by atoms with Gasteiger partial charge in [0.2, 0.25) is 10.0 Å². The highest BCUT2D eigenvalue weighted by Gasteiger charge is 2.17. The van der Waals surface area contributed by atoms with Crippen LogP contribution < -0.4 is 10.5 Å². The Morgan fingerprint density at radius 2 is 1.90 bits per heavy atom. The van der Waals surface area contributed by atoms with E-state index in [0.717, 1.165) is 16.7 Å². The molecule has 2 aromatic rings. The normalized spacial score (nSPS) is 13.0. The quantitative estimate of drug-likeness (QED) is 0.851. The van der Waals surface area contributed by atoms with Gasteiger partial charge < -0.3 is 5.73 Å². The zero-order chi connectivity index (χ0) is 15.3. The Labute approximate surface area is 125 Å². The lowest BCUT2D eigenvalue weighted by atomic mass is 10.1. The molecule has 0 saturated carbocycles. The van der Waals surface area contributed by atoms with Crippen LogP contribution in [0.1, 0.15) is 29.7 Å². The van der Waals surface area contributed by atoms with Crippen molar-refractivity contribution in [3.05, 3.63) is 65.5 Å². The minimum atomic E-state index is -3.45. The van der Waals surface area contributed by atoms with Gasteiger partial charge in [-0.25, -0.2) is 13.1 Å². The molecule has 0 radical (unpaired) electrons. The van der Waals surface area contributed by atoms with E-state index in [2.05, 4.69) is 9.71 Å². The van der Waals surface area contributed by atoms with Crippen LogP contribution in [-0.2, 0) is 22.3 Å². The lowest BCUT2D eigenvalue weighted by molar-refractivity contribution is 0.565. The van der Waals surface area contributed by atoms with Gasteiger partial charge in [-0.1, -0.05) is 30.3 Å². The van der Waals surface area contributed by atoms with Crippen molar-refractivity contribution in [2.45, 2.75) is 25.3 Å². The summed E-state index contributed by atoms with van der Waals surface area (Å²) < 4.78 is 27.2. The van der Waals surface area contributed by atoms with Crippen LogP contribution in [0.2, 0.25) is 0 Å². The molecule has 0 aliphatic heterocycles. The number of aromatic nitrogens is 1. The van der Waals surface area contributed by atoms with E-state index >= 15 is 0 Å². The molecule has 1 aromatic heterocycles. The third-order valence-electron chi connectivity index (χ3n) is 3.22. The maximum absolute atomic E-state index is 12.3. The molecule has 1 heterocycles. The third-order valence-corrected chi connectivity index (χ3v) is 4.63. The van der Waals surface area contributed by atoms with Crippen LogP contribution in [0.3, 0.4) is 0 Å². The number of hydrogen-bond donors (Lipinski definition) is 2. The molecule has 0 bridgehead atoms. The van der Waals surface area contributed by atoms with E-state index in [-0.39, 0.29) is 11.8 Å². The molecule has 1 aromatic carbocycles.